The van der Waals surface area contributed by atoms with E-state index in [1.807, 2.05) is 30.4 Å². The van der Waals surface area contributed by atoms with Crippen molar-refractivity contribution in [2.75, 3.05) is 23.7 Å². The Morgan fingerprint density at radius 2 is 1.97 bits per heavy atom. The quantitative estimate of drug-likeness (QED) is 0.419. The Hall–Kier alpha value is -2.55. The Morgan fingerprint density at radius 1 is 1.13 bits per heavy atom. The van der Waals surface area contributed by atoms with Crippen molar-refractivity contribution in [2.24, 2.45) is 11.3 Å². The van der Waals surface area contributed by atoms with Crippen LogP contribution >= 0.6 is 11.6 Å². The van der Waals surface area contributed by atoms with E-state index < -0.39 is 22.0 Å². The zero-order valence-corrected chi connectivity index (χ0v) is 23.9. The lowest BCUT2D eigenvalue weighted by atomic mass is 9.58. The van der Waals surface area contributed by atoms with E-state index in [2.05, 4.69) is 16.5 Å². The standard InChI is InChI=1S/C30H37ClN2O5S/c1-30-14-13-24(30)19-33-15-5-4-7-21-17-25(31)11-9-23(21)20-38-27-12-10-22(18-26(27)33)29(35)32-39(36,37)16-6-2-3-8-28(30)34/h3,8-12,17-18,24,28,34H,2,4-7,13-16,19-20H2,1H3,(H,32,35)/b8-3+/t24-,28-,30-/m1/s1. The molecule has 0 radical (unpaired) electrons. The van der Waals surface area contributed by atoms with Gasteiger partial charge in [0.15, 0.2) is 0 Å². The van der Waals surface area contributed by atoms with Crippen LogP contribution in [0.3, 0.4) is 0 Å². The number of rotatable bonds is 0. The van der Waals surface area contributed by atoms with Gasteiger partial charge in [-0.05, 0) is 92.3 Å². The summed E-state index contributed by atoms with van der Waals surface area (Å²) in [6.45, 7) is 3.95. The molecule has 3 atom stereocenters. The van der Waals surface area contributed by atoms with Gasteiger partial charge in [0.05, 0.1) is 17.5 Å². The highest BCUT2D eigenvalue weighted by Crippen LogP contribution is 2.50. The summed E-state index contributed by atoms with van der Waals surface area (Å²) in [4.78, 5) is 15.3. The number of hydrogen-bond donors (Lipinski definition) is 2. The molecule has 2 bridgehead atoms. The molecule has 1 aliphatic carbocycles. The number of fused-ring (bicyclic) bond motifs is 3. The van der Waals surface area contributed by atoms with Gasteiger partial charge in [0, 0.05) is 29.1 Å². The first-order chi connectivity index (χ1) is 18.6. The third kappa shape index (κ3) is 6.28. The highest BCUT2D eigenvalue weighted by Gasteiger charge is 2.47. The predicted octanol–water partition coefficient (Wildman–Crippen LogP) is 5.25. The van der Waals surface area contributed by atoms with E-state index in [1.54, 1.807) is 18.2 Å². The number of nitrogens with one attached hydrogen (secondary N) is 1. The van der Waals surface area contributed by atoms with Gasteiger partial charge in [0.25, 0.3) is 5.91 Å². The molecule has 0 saturated heterocycles. The molecule has 0 aromatic heterocycles. The number of carbonyl (C=O) groups is 1. The van der Waals surface area contributed by atoms with Crippen LogP contribution in [0.5, 0.6) is 5.75 Å². The van der Waals surface area contributed by atoms with E-state index in [0.29, 0.717) is 36.8 Å². The zero-order chi connectivity index (χ0) is 27.6. The van der Waals surface area contributed by atoms with Crippen LogP contribution < -0.4 is 14.4 Å². The summed E-state index contributed by atoms with van der Waals surface area (Å²) < 4.78 is 33.8. The number of nitrogens with zero attached hydrogens (tertiary/aromatic N) is 1. The maximum Gasteiger partial charge on any atom is 0.264 e. The average molecular weight is 573 g/mol. The largest absolute Gasteiger partial charge is 0.487 e. The Bertz CT molecular complexity index is 1360. The number of hydrogen-bond acceptors (Lipinski definition) is 6. The number of ether oxygens (including phenoxy) is 1. The molecular formula is C30H37ClN2O5S. The van der Waals surface area contributed by atoms with Gasteiger partial charge < -0.3 is 14.7 Å². The molecule has 3 aliphatic rings. The van der Waals surface area contributed by atoms with Gasteiger partial charge in [-0.25, -0.2) is 13.1 Å². The van der Waals surface area contributed by atoms with Crippen molar-refractivity contribution in [2.45, 2.75) is 64.6 Å². The highest BCUT2D eigenvalue weighted by molar-refractivity contribution is 7.90. The molecule has 7 nitrogen and oxygen atoms in total. The van der Waals surface area contributed by atoms with Gasteiger partial charge in [-0.2, -0.15) is 0 Å². The molecule has 2 N–H and O–H groups in total. The monoisotopic (exact) mass is 572 g/mol. The second-order valence-electron chi connectivity index (χ2n) is 11.3. The Morgan fingerprint density at radius 3 is 2.77 bits per heavy atom. The van der Waals surface area contributed by atoms with Crippen molar-refractivity contribution in [1.29, 1.82) is 0 Å². The maximum atomic E-state index is 13.1. The summed E-state index contributed by atoms with van der Waals surface area (Å²) in [5.41, 5.74) is 3.02. The van der Waals surface area contributed by atoms with Crippen molar-refractivity contribution < 1.29 is 23.1 Å². The number of anilines is 1. The normalized spacial score (nSPS) is 28.4. The second kappa shape index (κ2) is 11.5. The van der Waals surface area contributed by atoms with E-state index >= 15 is 0 Å². The molecule has 9 heteroatoms. The lowest BCUT2D eigenvalue weighted by Gasteiger charge is -2.51. The van der Waals surface area contributed by atoms with E-state index in [9.17, 15) is 18.3 Å². The van der Waals surface area contributed by atoms with E-state index in [-0.39, 0.29) is 22.6 Å². The minimum atomic E-state index is -3.79. The summed E-state index contributed by atoms with van der Waals surface area (Å²) in [6, 6.07) is 11.0. The molecular weight excluding hydrogens is 536 g/mol. The number of aliphatic hydroxyl groups excluding tert-OH is 1. The summed E-state index contributed by atoms with van der Waals surface area (Å²) in [7, 11) is -3.79. The van der Waals surface area contributed by atoms with E-state index in [0.717, 1.165) is 49.9 Å². The van der Waals surface area contributed by atoms with E-state index in [1.165, 1.54) is 5.56 Å². The van der Waals surface area contributed by atoms with Crippen LogP contribution in [0.4, 0.5) is 5.69 Å². The Balaban J connectivity index is 1.54. The summed E-state index contributed by atoms with van der Waals surface area (Å²) in [5.74, 6) is 0.0955. The number of allylic oxidation sites excluding steroid dienone is 1. The molecule has 2 aliphatic heterocycles. The predicted molar refractivity (Wildman–Crippen MR) is 154 cm³/mol. The SMILES string of the molecule is C[C@@]12CC[C@@H]1CN1CCCCc3cc(Cl)ccc3COc3ccc(cc31)C(=O)NS(=O)(=O)CCC/C=C/[C@H]2O. The fraction of sp³-hybridized carbons (Fsp3) is 0.500. The molecule has 2 aromatic carbocycles. The lowest BCUT2D eigenvalue weighted by molar-refractivity contribution is -0.0466. The van der Waals surface area contributed by atoms with Crippen LogP contribution in [0.2, 0.25) is 5.02 Å². The lowest BCUT2D eigenvalue weighted by Crippen LogP contribution is -2.51. The Kier molecular flexibility index (Phi) is 8.26. The van der Waals surface area contributed by atoms with Gasteiger partial charge in [-0.3, -0.25) is 4.79 Å². The summed E-state index contributed by atoms with van der Waals surface area (Å²) >= 11 is 6.29. The fourth-order valence-corrected chi connectivity index (χ4v) is 7.17. The minimum Gasteiger partial charge on any atom is -0.487 e. The van der Waals surface area contributed by atoms with Crippen LogP contribution in [0.25, 0.3) is 0 Å². The fourth-order valence-electron chi connectivity index (χ4n) is 5.93. The summed E-state index contributed by atoms with van der Waals surface area (Å²) in [6.07, 6.45) is 8.66. The first-order valence-electron chi connectivity index (χ1n) is 13.8. The van der Waals surface area contributed by atoms with Crippen molar-refractivity contribution in [1.82, 2.24) is 4.72 Å². The van der Waals surface area contributed by atoms with Crippen LogP contribution in [0.1, 0.15) is 66.9 Å². The number of sulfonamides is 1. The average Bonchev–Trinajstić information content (AvgIpc) is 2.92. The van der Waals surface area contributed by atoms with Gasteiger partial charge in [-0.1, -0.05) is 36.7 Å². The van der Waals surface area contributed by atoms with Crippen molar-refractivity contribution in [3.63, 3.8) is 0 Å². The van der Waals surface area contributed by atoms with Gasteiger partial charge in [0.2, 0.25) is 10.0 Å². The molecule has 5 rings (SSSR count). The second-order valence-corrected chi connectivity index (χ2v) is 13.6. The summed E-state index contributed by atoms with van der Waals surface area (Å²) in [5, 5.41) is 11.8. The number of amides is 1. The smallest absolute Gasteiger partial charge is 0.264 e. The maximum absolute atomic E-state index is 13.1. The molecule has 1 fully saturated rings. The van der Waals surface area contributed by atoms with Crippen LogP contribution in [0, 0.1) is 11.3 Å². The third-order valence-corrected chi connectivity index (χ3v) is 10.2. The number of aliphatic hydroxyl groups is 1. The number of halogens is 1. The van der Waals surface area contributed by atoms with Crippen LogP contribution in [-0.2, 0) is 23.1 Å². The number of aryl methyl sites for hydroxylation is 1. The van der Waals surface area contributed by atoms with Crippen LogP contribution in [0.15, 0.2) is 48.6 Å². The molecule has 1 saturated carbocycles. The van der Waals surface area contributed by atoms with Gasteiger partial charge >= 0.3 is 0 Å². The van der Waals surface area contributed by atoms with Crippen LogP contribution in [-0.4, -0.2) is 44.4 Å². The van der Waals surface area contributed by atoms with Crippen molar-refractivity contribution in [3.05, 3.63) is 70.3 Å². The first-order valence-corrected chi connectivity index (χ1v) is 15.9. The Labute approximate surface area is 236 Å². The molecule has 1 amide bonds. The molecule has 210 valence electrons. The molecule has 39 heavy (non-hydrogen) atoms. The molecule has 0 unspecified atom stereocenters. The van der Waals surface area contributed by atoms with Crippen molar-refractivity contribution in [3.8, 4) is 5.75 Å². The first kappa shape index (κ1) is 28.0. The topological polar surface area (TPSA) is 95.9 Å². The van der Waals surface area contributed by atoms with Gasteiger partial charge in [0.1, 0.15) is 12.4 Å². The number of benzene rings is 2. The third-order valence-electron chi connectivity index (χ3n) is 8.67. The number of carbonyl (C=O) groups excluding carboxylic acids is 1. The van der Waals surface area contributed by atoms with E-state index in [4.69, 9.17) is 16.3 Å². The molecule has 2 heterocycles. The molecule has 0 spiro atoms. The highest BCUT2D eigenvalue weighted by atomic mass is 35.5. The minimum absolute atomic E-state index is 0.164. The molecule has 2 aromatic rings. The zero-order valence-electron chi connectivity index (χ0n) is 22.4. The van der Waals surface area contributed by atoms with Gasteiger partial charge in [-0.15, -0.1) is 0 Å². The van der Waals surface area contributed by atoms with Crippen molar-refractivity contribution >= 4 is 33.2 Å².